The van der Waals surface area contributed by atoms with Crippen molar-refractivity contribution in [2.45, 2.75) is 38.6 Å². The lowest BCUT2D eigenvalue weighted by atomic mass is 10.0. The number of carboxylic acids is 1. The summed E-state index contributed by atoms with van der Waals surface area (Å²) >= 11 is 1.24. The molecule has 6 aromatic rings. The molecule has 4 aromatic heterocycles. The molecule has 1 aliphatic rings. The Morgan fingerprint density at radius 3 is 2.70 bits per heavy atom. The molecule has 0 aliphatic carbocycles. The minimum atomic E-state index is -2.75. The Balaban J connectivity index is 1.09. The van der Waals surface area contributed by atoms with Crippen molar-refractivity contribution >= 4 is 28.3 Å². The SMILES string of the molecule is O=C(O)c1ccc2nc(Cc3cc(F)c(-c4cccc(OCc5ncc(-c6cnn(C(F)F)c6)s5)n4)cc3F)n(C[C@@H]3CCO3)c2c1. The topological polar surface area (TPSA) is 117 Å². The normalized spacial score (nSPS) is 14.5. The van der Waals surface area contributed by atoms with Gasteiger partial charge < -0.3 is 19.1 Å². The molecule has 2 aromatic carbocycles. The van der Waals surface area contributed by atoms with Crippen molar-refractivity contribution in [2.24, 2.45) is 0 Å². The monoisotopic (exact) mass is 664 g/mol. The van der Waals surface area contributed by atoms with Crippen LogP contribution in [0.4, 0.5) is 17.6 Å². The summed E-state index contributed by atoms with van der Waals surface area (Å²) in [6.07, 6.45) is 4.78. The summed E-state index contributed by atoms with van der Waals surface area (Å²) in [5.74, 6) is -1.83. The fourth-order valence-electron chi connectivity index (χ4n) is 5.23. The van der Waals surface area contributed by atoms with Gasteiger partial charge in [-0.25, -0.2) is 33.2 Å². The third-order valence-corrected chi connectivity index (χ3v) is 8.74. The summed E-state index contributed by atoms with van der Waals surface area (Å²) in [5, 5.41) is 13.7. The molecular weight excluding hydrogens is 640 g/mol. The fourth-order valence-corrected chi connectivity index (χ4v) is 6.04. The molecule has 0 unspecified atom stereocenters. The number of nitrogens with zero attached hydrogens (tertiary/aromatic N) is 6. The van der Waals surface area contributed by atoms with Crippen LogP contribution in [0.2, 0.25) is 0 Å². The number of aromatic nitrogens is 6. The Kier molecular flexibility index (Phi) is 8.15. The van der Waals surface area contributed by atoms with Gasteiger partial charge in [-0.05, 0) is 48.4 Å². The van der Waals surface area contributed by atoms with E-state index in [1.54, 1.807) is 22.8 Å². The van der Waals surface area contributed by atoms with E-state index in [1.807, 2.05) is 0 Å². The molecule has 0 saturated carbocycles. The van der Waals surface area contributed by atoms with Gasteiger partial charge in [0.25, 0.3) is 0 Å². The zero-order valence-corrected chi connectivity index (χ0v) is 25.1. The van der Waals surface area contributed by atoms with Gasteiger partial charge in [-0.15, -0.1) is 11.3 Å². The first kappa shape index (κ1) is 30.5. The highest BCUT2D eigenvalue weighted by atomic mass is 32.1. The Bertz CT molecular complexity index is 2110. The van der Waals surface area contributed by atoms with Gasteiger partial charge in [-0.3, -0.25) is 0 Å². The number of ether oxygens (including phenoxy) is 2. The van der Waals surface area contributed by atoms with Gasteiger partial charge in [0.05, 0.1) is 46.0 Å². The van der Waals surface area contributed by atoms with Crippen LogP contribution in [-0.2, 0) is 24.3 Å². The summed E-state index contributed by atoms with van der Waals surface area (Å²) < 4.78 is 70.4. The molecule has 15 heteroatoms. The summed E-state index contributed by atoms with van der Waals surface area (Å²) in [4.78, 5) is 25.4. The van der Waals surface area contributed by atoms with E-state index in [1.165, 1.54) is 48.1 Å². The number of hydrogen-bond acceptors (Lipinski definition) is 8. The van der Waals surface area contributed by atoms with E-state index in [0.29, 0.717) is 50.1 Å². The zero-order valence-electron chi connectivity index (χ0n) is 24.3. The van der Waals surface area contributed by atoms with Gasteiger partial charge in [0.2, 0.25) is 5.88 Å². The van der Waals surface area contributed by atoms with Crippen molar-refractivity contribution in [1.29, 1.82) is 0 Å². The van der Waals surface area contributed by atoms with E-state index in [-0.39, 0.29) is 47.4 Å². The number of benzene rings is 2. The van der Waals surface area contributed by atoms with Gasteiger partial charge in [0.1, 0.15) is 29.1 Å². The lowest BCUT2D eigenvalue weighted by Gasteiger charge is -2.27. The molecule has 0 bridgehead atoms. The number of pyridine rings is 1. The molecule has 1 saturated heterocycles. The average Bonchev–Trinajstić information content (AvgIpc) is 3.78. The quantitative estimate of drug-likeness (QED) is 0.151. The highest BCUT2D eigenvalue weighted by molar-refractivity contribution is 7.15. The van der Waals surface area contributed by atoms with Crippen molar-refractivity contribution in [1.82, 2.24) is 29.3 Å². The van der Waals surface area contributed by atoms with E-state index in [0.717, 1.165) is 18.6 Å². The van der Waals surface area contributed by atoms with Crippen LogP contribution in [0.15, 0.2) is 67.1 Å². The van der Waals surface area contributed by atoms with E-state index >= 15 is 8.78 Å². The van der Waals surface area contributed by atoms with Crippen LogP contribution in [0.1, 0.15) is 39.7 Å². The van der Waals surface area contributed by atoms with Gasteiger partial charge >= 0.3 is 12.5 Å². The maximum Gasteiger partial charge on any atom is 0.335 e. The van der Waals surface area contributed by atoms with Crippen molar-refractivity contribution in [3.05, 3.63) is 101 Å². The molecule has 5 heterocycles. The summed E-state index contributed by atoms with van der Waals surface area (Å²) in [6.45, 7) is -1.70. The third kappa shape index (κ3) is 6.31. The number of hydrogen-bond donors (Lipinski definition) is 1. The predicted molar refractivity (Wildman–Crippen MR) is 162 cm³/mol. The average molecular weight is 665 g/mol. The van der Waals surface area contributed by atoms with E-state index < -0.39 is 24.2 Å². The number of fused-ring (bicyclic) bond motifs is 1. The predicted octanol–water partition coefficient (Wildman–Crippen LogP) is 6.75. The third-order valence-electron chi connectivity index (χ3n) is 7.72. The summed E-state index contributed by atoms with van der Waals surface area (Å²) in [5.41, 5.74) is 1.86. The minimum absolute atomic E-state index is 0.0146. The zero-order chi connectivity index (χ0) is 32.7. The largest absolute Gasteiger partial charge is 0.478 e. The van der Waals surface area contributed by atoms with Gasteiger partial charge in [0.15, 0.2) is 0 Å². The summed E-state index contributed by atoms with van der Waals surface area (Å²) in [6, 6.07) is 11.5. The van der Waals surface area contributed by atoms with Crippen LogP contribution >= 0.6 is 11.3 Å². The molecule has 0 amide bonds. The molecule has 1 aliphatic heterocycles. The molecule has 1 N–H and O–H groups in total. The molecule has 47 heavy (non-hydrogen) atoms. The highest BCUT2D eigenvalue weighted by Gasteiger charge is 2.24. The molecule has 1 fully saturated rings. The van der Waals surface area contributed by atoms with Crippen molar-refractivity contribution in [3.63, 3.8) is 0 Å². The van der Waals surface area contributed by atoms with Crippen LogP contribution in [0.25, 0.3) is 32.7 Å². The minimum Gasteiger partial charge on any atom is -0.478 e. The molecule has 7 rings (SSSR count). The van der Waals surface area contributed by atoms with Gasteiger partial charge in [-0.2, -0.15) is 13.9 Å². The van der Waals surface area contributed by atoms with Crippen LogP contribution < -0.4 is 4.74 Å². The second-order valence-electron chi connectivity index (χ2n) is 10.8. The van der Waals surface area contributed by atoms with Crippen LogP contribution in [0.3, 0.4) is 0 Å². The summed E-state index contributed by atoms with van der Waals surface area (Å²) in [7, 11) is 0. The van der Waals surface area contributed by atoms with Crippen LogP contribution in [-0.4, -0.2) is 53.1 Å². The van der Waals surface area contributed by atoms with Gasteiger partial charge in [-0.1, -0.05) is 6.07 Å². The smallest absolute Gasteiger partial charge is 0.335 e. The van der Waals surface area contributed by atoms with Crippen LogP contribution in [0, 0.1) is 11.6 Å². The highest BCUT2D eigenvalue weighted by Crippen LogP contribution is 2.30. The first-order valence-corrected chi connectivity index (χ1v) is 15.2. The molecule has 0 spiro atoms. The maximum absolute atomic E-state index is 15.5. The molecule has 10 nitrogen and oxygen atoms in total. The number of carboxylic acid groups (broad SMARTS) is 1. The second kappa shape index (κ2) is 12.6. The lowest BCUT2D eigenvalue weighted by molar-refractivity contribution is -0.0589. The number of aromatic carboxylic acids is 1. The molecule has 240 valence electrons. The number of rotatable bonds is 11. The Hall–Kier alpha value is -5.15. The van der Waals surface area contributed by atoms with Crippen LogP contribution in [0.5, 0.6) is 5.88 Å². The first-order chi connectivity index (χ1) is 22.7. The number of halogens is 4. The fraction of sp³-hybridized carbons (Fsp3) is 0.219. The molecular formula is C32H24F4N6O4S. The number of carbonyl (C=O) groups is 1. The van der Waals surface area contributed by atoms with Crippen molar-refractivity contribution in [3.8, 4) is 27.6 Å². The Morgan fingerprint density at radius 1 is 1.11 bits per heavy atom. The van der Waals surface area contributed by atoms with E-state index in [4.69, 9.17) is 9.47 Å². The standard InChI is InChI=1S/C32H24F4N6O4S/c33-22-11-21(24-2-1-3-29(40-24)46-16-30-37-13-27(47-30)19-12-38-42(14-19)32(35)36)23(34)8-18(22)10-28-39-25-5-4-17(31(43)44)9-26(25)41(28)15-20-6-7-45-20/h1-5,8-9,11-14,20,32H,6-7,10,15-16H2,(H,43,44)/t20-/m0/s1. The second-order valence-corrected chi connectivity index (χ2v) is 11.9. The van der Waals surface area contributed by atoms with E-state index in [9.17, 15) is 18.7 Å². The maximum atomic E-state index is 15.5. The first-order valence-electron chi connectivity index (χ1n) is 14.4. The number of imidazole rings is 1. The number of alkyl halides is 2. The Labute approximate surface area is 267 Å². The Morgan fingerprint density at radius 2 is 1.96 bits per heavy atom. The molecule has 0 radical (unpaired) electrons. The molecule has 1 atom stereocenters. The van der Waals surface area contributed by atoms with Gasteiger partial charge in [0, 0.05) is 42.6 Å². The van der Waals surface area contributed by atoms with Crippen molar-refractivity contribution < 1.29 is 36.9 Å². The number of thiazole rings is 1. The van der Waals surface area contributed by atoms with E-state index in [2.05, 4.69) is 20.1 Å². The lowest BCUT2D eigenvalue weighted by Crippen LogP contribution is -2.31. The van der Waals surface area contributed by atoms with Crippen molar-refractivity contribution in [2.75, 3.05) is 6.61 Å².